The van der Waals surface area contributed by atoms with E-state index in [-0.39, 0.29) is 25.2 Å². The van der Waals surface area contributed by atoms with Crippen molar-refractivity contribution in [3.05, 3.63) is 24.3 Å². The molecule has 0 saturated heterocycles. The normalized spacial score (nSPS) is 12.3. The minimum atomic E-state index is -0.774. The minimum Gasteiger partial charge on any atom is -0.462 e. The summed E-state index contributed by atoms with van der Waals surface area (Å²) in [5.41, 5.74) is 0. The number of allylic oxidation sites excluding steroid dienone is 4. The average molecular weight is 677 g/mol. The van der Waals surface area contributed by atoms with Crippen LogP contribution in [0.1, 0.15) is 219 Å². The maximum Gasteiger partial charge on any atom is 0.306 e. The molecule has 0 radical (unpaired) electrons. The van der Waals surface area contributed by atoms with E-state index in [1.54, 1.807) is 0 Å². The van der Waals surface area contributed by atoms with Crippen LogP contribution in [0.15, 0.2) is 24.3 Å². The van der Waals surface area contributed by atoms with Crippen LogP contribution in [0.25, 0.3) is 0 Å². The number of rotatable bonds is 38. The molecule has 1 unspecified atom stereocenters. The standard InChI is InChI=1S/C43H80O5/c1-3-5-7-9-11-13-15-17-19-21-22-24-25-27-29-31-33-35-37-42(45)47-40-41(39-44)48-43(46)38-36-34-32-30-28-26-23-20-18-16-14-12-10-8-6-4-2/h14,16,20,23,41,44H,3-13,15,17-19,21-22,24-40H2,1-2H3/b16-14-,23-20-. The number of ether oxygens (including phenoxy) is 2. The molecule has 1 atom stereocenters. The van der Waals surface area contributed by atoms with Crippen LogP contribution >= 0.6 is 0 Å². The minimum absolute atomic E-state index is 0.0671. The van der Waals surface area contributed by atoms with Crippen molar-refractivity contribution in [3.8, 4) is 0 Å². The molecule has 282 valence electrons. The van der Waals surface area contributed by atoms with Gasteiger partial charge >= 0.3 is 11.9 Å². The molecule has 5 heteroatoms. The van der Waals surface area contributed by atoms with Gasteiger partial charge in [0, 0.05) is 12.8 Å². The van der Waals surface area contributed by atoms with Gasteiger partial charge in [-0.05, 0) is 44.9 Å². The van der Waals surface area contributed by atoms with Gasteiger partial charge in [0.15, 0.2) is 6.10 Å². The van der Waals surface area contributed by atoms with E-state index in [0.29, 0.717) is 12.8 Å². The zero-order valence-electron chi connectivity index (χ0n) is 32.0. The van der Waals surface area contributed by atoms with Crippen LogP contribution in [0.3, 0.4) is 0 Å². The quantitative estimate of drug-likeness (QED) is 0.0400. The Hall–Kier alpha value is -1.62. The summed E-state index contributed by atoms with van der Waals surface area (Å²) in [7, 11) is 0. The lowest BCUT2D eigenvalue weighted by atomic mass is 10.0. The molecule has 0 rings (SSSR count). The molecule has 0 aromatic rings. The molecule has 0 spiro atoms. The predicted molar refractivity (Wildman–Crippen MR) is 205 cm³/mol. The maximum atomic E-state index is 12.2. The molecule has 0 saturated carbocycles. The maximum absolute atomic E-state index is 12.2. The van der Waals surface area contributed by atoms with Crippen LogP contribution in [0, 0.1) is 0 Å². The first-order chi connectivity index (χ1) is 23.6. The van der Waals surface area contributed by atoms with Crippen molar-refractivity contribution in [1.29, 1.82) is 0 Å². The average Bonchev–Trinajstić information content (AvgIpc) is 3.09. The van der Waals surface area contributed by atoms with Crippen LogP contribution in [0.2, 0.25) is 0 Å². The van der Waals surface area contributed by atoms with E-state index in [0.717, 1.165) is 51.4 Å². The van der Waals surface area contributed by atoms with Crippen molar-refractivity contribution in [2.45, 2.75) is 225 Å². The second kappa shape index (κ2) is 39.8. The topological polar surface area (TPSA) is 72.8 Å². The van der Waals surface area contributed by atoms with E-state index >= 15 is 0 Å². The summed E-state index contributed by atoms with van der Waals surface area (Å²) in [4.78, 5) is 24.3. The zero-order chi connectivity index (χ0) is 35.0. The Kier molecular flexibility index (Phi) is 38.5. The summed E-state index contributed by atoms with van der Waals surface area (Å²) in [6.07, 6.45) is 46.7. The fourth-order valence-electron chi connectivity index (χ4n) is 6.06. The SMILES string of the molecule is CCCCCC/C=C\C/C=C\CCCCCCCC(=O)OC(CO)COC(=O)CCCCCCCCCCCCCCCCCCCC. The van der Waals surface area contributed by atoms with Crippen molar-refractivity contribution in [1.82, 2.24) is 0 Å². The summed E-state index contributed by atoms with van der Waals surface area (Å²) < 4.78 is 10.6. The van der Waals surface area contributed by atoms with Gasteiger partial charge in [-0.3, -0.25) is 9.59 Å². The first-order valence-corrected chi connectivity index (χ1v) is 20.9. The van der Waals surface area contributed by atoms with E-state index in [2.05, 4.69) is 38.2 Å². The number of hydrogen-bond acceptors (Lipinski definition) is 5. The van der Waals surface area contributed by atoms with Gasteiger partial charge in [-0.25, -0.2) is 0 Å². The van der Waals surface area contributed by atoms with Crippen molar-refractivity contribution in [2.24, 2.45) is 0 Å². The highest BCUT2D eigenvalue weighted by Crippen LogP contribution is 2.15. The molecular weight excluding hydrogens is 596 g/mol. The number of esters is 2. The highest BCUT2D eigenvalue weighted by Gasteiger charge is 2.16. The lowest BCUT2D eigenvalue weighted by molar-refractivity contribution is -0.161. The van der Waals surface area contributed by atoms with E-state index < -0.39 is 6.10 Å². The Morgan fingerprint density at radius 3 is 1.25 bits per heavy atom. The fraction of sp³-hybridized carbons (Fsp3) is 0.860. The molecule has 0 amide bonds. The zero-order valence-corrected chi connectivity index (χ0v) is 32.0. The molecule has 0 aliphatic rings. The molecule has 5 nitrogen and oxygen atoms in total. The lowest BCUT2D eigenvalue weighted by Gasteiger charge is -2.15. The number of aliphatic hydroxyl groups excluding tert-OH is 1. The Morgan fingerprint density at radius 2 is 0.833 bits per heavy atom. The van der Waals surface area contributed by atoms with Gasteiger partial charge in [0.25, 0.3) is 0 Å². The molecule has 0 aromatic carbocycles. The molecule has 0 bridgehead atoms. The third-order valence-corrected chi connectivity index (χ3v) is 9.25. The van der Waals surface area contributed by atoms with Gasteiger partial charge < -0.3 is 14.6 Å². The van der Waals surface area contributed by atoms with Crippen LogP contribution in [-0.4, -0.2) is 36.4 Å². The van der Waals surface area contributed by atoms with Gasteiger partial charge in [-0.1, -0.05) is 186 Å². The molecule has 0 fully saturated rings. The fourth-order valence-corrected chi connectivity index (χ4v) is 6.06. The van der Waals surface area contributed by atoms with Gasteiger partial charge in [0.05, 0.1) is 6.61 Å². The van der Waals surface area contributed by atoms with Crippen molar-refractivity contribution in [3.63, 3.8) is 0 Å². The predicted octanol–water partition coefficient (Wildman–Crippen LogP) is 13.1. The third kappa shape index (κ3) is 37.2. The Bertz CT molecular complexity index is 731. The number of carbonyl (C=O) groups excluding carboxylic acids is 2. The first-order valence-electron chi connectivity index (χ1n) is 20.9. The summed E-state index contributed by atoms with van der Waals surface area (Å²) in [6.45, 7) is 4.13. The summed E-state index contributed by atoms with van der Waals surface area (Å²) in [5.74, 6) is -0.597. The van der Waals surface area contributed by atoms with E-state index in [1.165, 1.54) is 141 Å². The Balaban J connectivity index is 3.53. The van der Waals surface area contributed by atoms with Gasteiger partial charge in [-0.2, -0.15) is 0 Å². The molecular formula is C43H80O5. The van der Waals surface area contributed by atoms with E-state index in [4.69, 9.17) is 9.47 Å². The summed E-state index contributed by atoms with van der Waals surface area (Å²) in [5, 5.41) is 9.56. The molecule has 0 aliphatic heterocycles. The van der Waals surface area contributed by atoms with Crippen LogP contribution in [0.5, 0.6) is 0 Å². The van der Waals surface area contributed by atoms with Gasteiger partial charge in [-0.15, -0.1) is 0 Å². The monoisotopic (exact) mass is 677 g/mol. The first kappa shape index (κ1) is 46.4. The van der Waals surface area contributed by atoms with Gasteiger partial charge in [0.1, 0.15) is 6.61 Å². The molecule has 0 aliphatic carbocycles. The van der Waals surface area contributed by atoms with Crippen molar-refractivity contribution >= 4 is 11.9 Å². The Morgan fingerprint density at radius 1 is 0.479 bits per heavy atom. The third-order valence-electron chi connectivity index (χ3n) is 9.25. The molecule has 0 heterocycles. The highest BCUT2D eigenvalue weighted by atomic mass is 16.6. The second-order valence-corrected chi connectivity index (χ2v) is 14.1. The summed E-state index contributed by atoms with van der Waals surface area (Å²) in [6, 6.07) is 0. The highest BCUT2D eigenvalue weighted by molar-refractivity contribution is 5.70. The molecule has 0 aromatic heterocycles. The number of carbonyl (C=O) groups is 2. The lowest BCUT2D eigenvalue weighted by Crippen LogP contribution is -2.28. The van der Waals surface area contributed by atoms with E-state index in [1.807, 2.05) is 0 Å². The number of unbranched alkanes of at least 4 members (excludes halogenated alkanes) is 26. The molecule has 48 heavy (non-hydrogen) atoms. The van der Waals surface area contributed by atoms with Crippen molar-refractivity contribution < 1.29 is 24.2 Å². The smallest absolute Gasteiger partial charge is 0.306 e. The van der Waals surface area contributed by atoms with Crippen LogP contribution in [0.4, 0.5) is 0 Å². The van der Waals surface area contributed by atoms with E-state index in [9.17, 15) is 14.7 Å². The largest absolute Gasteiger partial charge is 0.462 e. The number of hydrogen-bond donors (Lipinski definition) is 1. The van der Waals surface area contributed by atoms with Crippen LogP contribution < -0.4 is 0 Å². The Labute approximate surface area is 298 Å². The van der Waals surface area contributed by atoms with Crippen molar-refractivity contribution in [2.75, 3.05) is 13.2 Å². The number of aliphatic hydroxyl groups is 1. The van der Waals surface area contributed by atoms with Gasteiger partial charge in [0.2, 0.25) is 0 Å². The van der Waals surface area contributed by atoms with Crippen LogP contribution in [-0.2, 0) is 19.1 Å². The summed E-state index contributed by atoms with van der Waals surface area (Å²) >= 11 is 0. The second-order valence-electron chi connectivity index (χ2n) is 14.1. The molecule has 1 N–H and O–H groups in total.